The van der Waals surface area contributed by atoms with E-state index in [9.17, 15) is 23.2 Å². The van der Waals surface area contributed by atoms with Crippen LogP contribution in [0.5, 0.6) is 0 Å². The van der Waals surface area contributed by atoms with Gasteiger partial charge in [-0.2, -0.15) is 0 Å². The lowest BCUT2D eigenvalue weighted by molar-refractivity contribution is -0.114. The van der Waals surface area contributed by atoms with Crippen molar-refractivity contribution in [2.24, 2.45) is 0 Å². The number of nitrogens with one attached hydrogen (secondary N) is 2. The summed E-state index contributed by atoms with van der Waals surface area (Å²) in [6.45, 7) is 1.69. The summed E-state index contributed by atoms with van der Waals surface area (Å²) in [5.74, 6) is -2.94. The molecule has 1 aliphatic heterocycles. The standard InChI is InChI=1S/C28H20ClF2N3O3S/c1-15(35)32-17-11-9-16(10-12-17)28(37)34-14-13-19-23(29)26(38-25(19)18-5-2-3-8-22(18)34)27(36)33-24-20(30)6-4-7-21(24)31/h2-12H,13-14H2,1H3,(H,32,35)(H,33,36). The molecule has 5 rings (SSSR count). The van der Waals surface area contributed by atoms with Gasteiger partial charge in [0.15, 0.2) is 0 Å². The monoisotopic (exact) mass is 551 g/mol. The molecule has 0 saturated heterocycles. The number of carbonyl (C=O) groups is 3. The Morgan fingerprint density at radius 1 is 0.921 bits per heavy atom. The minimum Gasteiger partial charge on any atom is -0.326 e. The Labute approximate surface area is 225 Å². The molecule has 2 heterocycles. The number of halogens is 3. The summed E-state index contributed by atoms with van der Waals surface area (Å²) in [5.41, 5.74) is 2.52. The van der Waals surface area contributed by atoms with Crippen LogP contribution < -0.4 is 15.5 Å². The third-order valence-corrected chi connectivity index (χ3v) is 7.87. The summed E-state index contributed by atoms with van der Waals surface area (Å²) in [6.07, 6.45) is 0.358. The van der Waals surface area contributed by atoms with Crippen LogP contribution in [0.3, 0.4) is 0 Å². The predicted octanol–water partition coefficient (Wildman–Crippen LogP) is 6.76. The number of fused-ring (bicyclic) bond motifs is 3. The van der Waals surface area contributed by atoms with Crippen molar-refractivity contribution in [1.82, 2.24) is 0 Å². The molecule has 38 heavy (non-hydrogen) atoms. The molecule has 10 heteroatoms. The lowest BCUT2D eigenvalue weighted by Gasteiger charge is -2.23. The maximum absolute atomic E-state index is 14.1. The molecule has 0 atom stereocenters. The van der Waals surface area contributed by atoms with Crippen LogP contribution in [0.2, 0.25) is 5.02 Å². The number of anilines is 3. The van der Waals surface area contributed by atoms with Gasteiger partial charge in [-0.3, -0.25) is 14.4 Å². The molecule has 3 amide bonds. The lowest BCUT2D eigenvalue weighted by atomic mass is 10.1. The van der Waals surface area contributed by atoms with Gasteiger partial charge in [0, 0.05) is 35.2 Å². The molecule has 0 fully saturated rings. The van der Waals surface area contributed by atoms with Crippen molar-refractivity contribution >= 4 is 57.7 Å². The highest BCUT2D eigenvalue weighted by molar-refractivity contribution is 7.18. The fraction of sp³-hybridized carbons (Fsp3) is 0.107. The zero-order valence-corrected chi connectivity index (χ0v) is 21.6. The van der Waals surface area contributed by atoms with Gasteiger partial charge in [-0.1, -0.05) is 35.9 Å². The quantitative estimate of drug-likeness (QED) is 0.294. The first-order valence-corrected chi connectivity index (χ1v) is 12.8. The number of hydrogen-bond donors (Lipinski definition) is 2. The smallest absolute Gasteiger partial charge is 0.267 e. The zero-order chi connectivity index (χ0) is 27.0. The first kappa shape index (κ1) is 25.6. The Bertz CT molecular complexity index is 1570. The number of carbonyl (C=O) groups excluding carboxylic acids is 3. The van der Waals surface area contributed by atoms with Gasteiger partial charge in [-0.05, 0) is 54.4 Å². The van der Waals surface area contributed by atoms with E-state index in [0.717, 1.165) is 23.5 Å². The SMILES string of the molecule is CC(=O)Nc1ccc(C(=O)N2CCc3c(sc(C(=O)Nc4c(F)cccc4F)c3Cl)-c3ccccc32)cc1. The molecular weight excluding hydrogens is 532 g/mol. The number of rotatable bonds is 4. The van der Waals surface area contributed by atoms with E-state index in [-0.39, 0.29) is 28.3 Å². The van der Waals surface area contributed by atoms with Crippen molar-refractivity contribution < 1.29 is 23.2 Å². The molecule has 6 nitrogen and oxygen atoms in total. The molecule has 192 valence electrons. The second kappa shape index (κ2) is 10.4. The molecule has 0 radical (unpaired) electrons. The highest BCUT2D eigenvalue weighted by Gasteiger charge is 2.30. The number of amides is 3. The van der Waals surface area contributed by atoms with Gasteiger partial charge in [0.2, 0.25) is 5.91 Å². The van der Waals surface area contributed by atoms with Crippen LogP contribution in [0.1, 0.15) is 32.5 Å². The minimum absolute atomic E-state index is 0.127. The number of nitrogens with zero attached hydrogens (tertiary/aromatic N) is 1. The number of para-hydroxylation sites is 2. The van der Waals surface area contributed by atoms with E-state index in [2.05, 4.69) is 10.6 Å². The normalized spacial score (nSPS) is 12.3. The molecule has 0 unspecified atom stereocenters. The van der Waals surface area contributed by atoms with Gasteiger partial charge in [-0.25, -0.2) is 8.78 Å². The fourth-order valence-corrected chi connectivity index (χ4v) is 5.95. The third kappa shape index (κ3) is 4.78. The topological polar surface area (TPSA) is 78.5 Å². The molecular formula is C28H20ClF2N3O3S. The van der Waals surface area contributed by atoms with Gasteiger partial charge >= 0.3 is 0 Å². The van der Waals surface area contributed by atoms with Crippen LogP contribution in [0.4, 0.5) is 25.8 Å². The summed E-state index contributed by atoms with van der Waals surface area (Å²) in [4.78, 5) is 40.3. The van der Waals surface area contributed by atoms with Gasteiger partial charge in [-0.15, -0.1) is 11.3 Å². The van der Waals surface area contributed by atoms with Crippen LogP contribution in [-0.4, -0.2) is 24.3 Å². The maximum Gasteiger partial charge on any atom is 0.267 e. The Kier molecular flexibility index (Phi) is 6.96. The van der Waals surface area contributed by atoms with Crippen LogP contribution >= 0.6 is 22.9 Å². The average Bonchev–Trinajstić information content (AvgIpc) is 3.13. The number of thiophene rings is 1. The molecule has 0 saturated carbocycles. The second-order valence-electron chi connectivity index (χ2n) is 8.59. The van der Waals surface area contributed by atoms with Crippen molar-refractivity contribution in [3.05, 3.63) is 99.4 Å². The van der Waals surface area contributed by atoms with Gasteiger partial charge in [0.25, 0.3) is 11.8 Å². The van der Waals surface area contributed by atoms with E-state index in [0.29, 0.717) is 39.4 Å². The van der Waals surface area contributed by atoms with E-state index in [1.807, 2.05) is 24.3 Å². The van der Waals surface area contributed by atoms with Crippen LogP contribution in [-0.2, 0) is 11.2 Å². The fourth-order valence-electron chi connectivity index (χ4n) is 4.33. The molecule has 4 aromatic rings. The van der Waals surface area contributed by atoms with Gasteiger partial charge in [0.05, 0.1) is 10.7 Å². The zero-order valence-electron chi connectivity index (χ0n) is 20.0. The maximum atomic E-state index is 14.1. The van der Waals surface area contributed by atoms with E-state index >= 15 is 0 Å². The third-order valence-electron chi connectivity index (χ3n) is 6.07. The molecule has 0 aliphatic carbocycles. The average molecular weight is 552 g/mol. The van der Waals surface area contributed by atoms with Gasteiger partial charge in [0.1, 0.15) is 22.2 Å². The molecule has 3 aromatic carbocycles. The number of benzene rings is 3. The Hall–Kier alpha value is -4.08. The summed E-state index contributed by atoms with van der Waals surface area (Å²) in [6, 6.07) is 17.2. The molecule has 1 aromatic heterocycles. The second-order valence-corrected chi connectivity index (χ2v) is 9.98. The van der Waals surface area contributed by atoms with E-state index in [4.69, 9.17) is 11.6 Å². The predicted molar refractivity (Wildman–Crippen MR) is 145 cm³/mol. The summed E-state index contributed by atoms with van der Waals surface area (Å²) in [5, 5.41) is 5.15. The van der Waals surface area contributed by atoms with Gasteiger partial charge < -0.3 is 15.5 Å². The van der Waals surface area contributed by atoms with Crippen molar-refractivity contribution in [2.75, 3.05) is 22.1 Å². The number of hydrogen-bond acceptors (Lipinski definition) is 4. The summed E-state index contributed by atoms with van der Waals surface area (Å²) in [7, 11) is 0. The molecule has 0 bridgehead atoms. The van der Waals surface area contributed by atoms with E-state index in [1.165, 1.54) is 13.0 Å². The highest BCUT2D eigenvalue weighted by atomic mass is 35.5. The lowest BCUT2D eigenvalue weighted by Crippen LogP contribution is -2.32. The first-order chi connectivity index (χ1) is 18.2. The summed E-state index contributed by atoms with van der Waals surface area (Å²) < 4.78 is 28.2. The van der Waals surface area contributed by atoms with E-state index < -0.39 is 23.2 Å². The molecule has 2 N–H and O–H groups in total. The largest absolute Gasteiger partial charge is 0.326 e. The van der Waals surface area contributed by atoms with Crippen molar-refractivity contribution in [3.63, 3.8) is 0 Å². The van der Waals surface area contributed by atoms with Crippen LogP contribution in [0, 0.1) is 11.6 Å². The Morgan fingerprint density at radius 2 is 1.61 bits per heavy atom. The van der Waals surface area contributed by atoms with Crippen LogP contribution in [0.25, 0.3) is 10.4 Å². The van der Waals surface area contributed by atoms with E-state index in [1.54, 1.807) is 29.2 Å². The van der Waals surface area contributed by atoms with Crippen molar-refractivity contribution in [2.45, 2.75) is 13.3 Å². The summed E-state index contributed by atoms with van der Waals surface area (Å²) >= 11 is 7.76. The van der Waals surface area contributed by atoms with Crippen molar-refractivity contribution in [3.8, 4) is 10.4 Å². The molecule has 0 spiro atoms. The Balaban J connectivity index is 1.48. The minimum atomic E-state index is -0.891. The highest BCUT2D eigenvalue weighted by Crippen LogP contribution is 2.46. The van der Waals surface area contributed by atoms with Crippen LogP contribution in [0.15, 0.2) is 66.7 Å². The molecule has 1 aliphatic rings. The first-order valence-electron chi connectivity index (χ1n) is 11.6. The van der Waals surface area contributed by atoms with Crippen molar-refractivity contribution in [1.29, 1.82) is 0 Å². The Morgan fingerprint density at radius 3 is 2.29 bits per heavy atom.